The van der Waals surface area contributed by atoms with Gasteiger partial charge in [0.15, 0.2) is 17.2 Å². The fraction of sp³-hybridized carbons (Fsp3) is 0.318. The largest absolute Gasteiger partial charge is 0.505 e. The predicted octanol–water partition coefficient (Wildman–Crippen LogP) is 3.28. The number of nitrogens with one attached hydrogen (secondary N) is 1. The number of aromatic nitrogens is 3. The van der Waals surface area contributed by atoms with Crippen LogP contribution in [0.5, 0.6) is 5.75 Å². The molecule has 35 heavy (non-hydrogen) atoms. The standard InChI is InChI=1S/C22H20F5N5O3/c1-20(2)9-21(35,22(25,26)27)17(11-4-5-13(23)16(33)15(11)20)31-19(34)12-8-30-32(18(12)28)10-3-6-14(24)29-7-10/h3-8,17,33,35H,9,28H2,1-2H3,(H,31,34)/t17-,21+/m0/s1. The Bertz CT molecular complexity index is 1310. The molecule has 2 heterocycles. The van der Waals surface area contributed by atoms with Gasteiger partial charge in [0.1, 0.15) is 11.4 Å². The van der Waals surface area contributed by atoms with E-state index in [1.165, 1.54) is 19.9 Å². The number of nitrogen functional groups attached to an aromatic ring is 1. The fourth-order valence-corrected chi connectivity index (χ4v) is 4.56. The SMILES string of the molecule is CC1(C)C[C@](O)(C(F)(F)F)[C@@H](NC(=O)c2cnn(-c3ccc(F)nc3)c2N)c2ccc(F)c(O)c21. The topological polar surface area (TPSA) is 126 Å². The number of aromatic hydroxyl groups is 1. The average molecular weight is 497 g/mol. The van der Waals surface area contributed by atoms with Crippen LogP contribution >= 0.6 is 0 Å². The molecule has 186 valence electrons. The number of alkyl halides is 3. The van der Waals surface area contributed by atoms with Crippen molar-refractivity contribution in [2.24, 2.45) is 0 Å². The molecule has 0 spiro atoms. The van der Waals surface area contributed by atoms with Gasteiger partial charge in [-0.1, -0.05) is 19.9 Å². The third-order valence-corrected chi connectivity index (χ3v) is 6.11. The lowest BCUT2D eigenvalue weighted by atomic mass is 9.63. The van der Waals surface area contributed by atoms with Gasteiger partial charge in [0, 0.05) is 5.56 Å². The third kappa shape index (κ3) is 3.85. The van der Waals surface area contributed by atoms with E-state index in [0.717, 1.165) is 35.3 Å². The molecule has 13 heteroatoms. The molecule has 1 amide bonds. The number of hydrogen-bond donors (Lipinski definition) is 4. The Morgan fingerprint density at radius 1 is 1.20 bits per heavy atom. The first-order chi connectivity index (χ1) is 16.2. The van der Waals surface area contributed by atoms with E-state index in [1.54, 1.807) is 0 Å². The average Bonchev–Trinajstić information content (AvgIpc) is 3.13. The summed E-state index contributed by atoms with van der Waals surface area (Å²) in [4.78, 5) is 16.5. The normalized spacial score (nSPS) is 21.4. The summed E-state index contributed by atoms with van der Waals surface area (Å²) in [5, 5.41) is 27.2. The number of phenolic OH excluding ortho intramolecular Hbond substituents is 1. The lowest BCUT2D eigenvalue weighted by Gasteiger charge is -2.48. The number of carbonyl (C=O) groups excluding carboxylic acids is 1. The lowest BCUT2D eigenvalue weighted by Crippen LogP contribution is -2.60. The molecule has 0 radical (unpaired) electrons. The molecule has 1 aromatic carbocycles. The molecule has 2 atom stereocenters. The maximum atomic E-state index is 14.2. The van der Waals surface area contributed by atoms with Crippen LogP contribution in [-0.2, 0) is 5.41 Å². The van der Waals surface area contributed by atoms with Gasteiger partial charge < -0.3 is 21.3 Å². The van der Waals surface area contributed by atoms with Crippen LogP contribution in [0.1, 0.15) is 47.8 Å². The van der Waals surface area contributed by atoms with Gasteiger partial charge >= 0.3 is 6.18 Å². The number of phenols is 1. The number of nitrogens with two attached hydrogens (primary N) is 1. The Morgan fingerprint density at radius 3 is 2.49 bits per heavy atom. The maximum Gasteiger partial charge on any atom is 0.419 e. The van der Waals surface area contributed by atoms with Crippen LogP contribution in [0.3, 0.4) is 0 Å². The number of anilines is 1. The highest BCUT2D eigenvalue weighted by atomic mass is 19.4. The zero-order valence-electron chi connectivity index (χ0n) is 18.4. The summed E-state index contributed by atoms with van der Waals surface area (Å²) in [6, 6.07) is 1.90. The molecule has 0 fully saturated rings. The number of rotatable bonds is 3. The van der Waals surface area contributed by atoms with Crippen molar-refractivity contribution in [3.05, 3.63) is 65.1 Å². The second-order valence-electron chi connectivity index (χ2n) is 8.94. The second-order valence-corrected chi connectivity index (χ2v) is 8.94. The first kappa shape index (κ1) is 24.4. The van der Waals surface area contributed by atoms with E-state index < -0.39 is 53.1 Å². The minimum absolute atomic E-state index is 0.169. The minimum Gasteiger partial charge on any atom is -0.505 e. The molecule has 0 bridgehead atoms. The number of fused-ring (bicyclic) bond motifs is 1. The molecule has 0 aliphatic heterocycles. The van der Waals surface area contributed by atoms with Gasteiger partial charge in [-0.2, -0.15) is 22.7 Å². The summed E-state index contributed by atoms with van der Waals surface area (Å²) < 4.78 is 70.7. The number of benzene rings is 1. The molecule has 8 nitrogen and oxygen atoms in total. The molecule has 3 aromatic rings. The van der Waals surface area contributed by atoms with E-state index >= 15 is 0 Å². The third-order valence-electron chi connectivity index (χ3n) is 6.11. The number of halogens is 5. The zero-order chi connectivity index (χ0) is 25.9. The zero-order valence-corrected chi connectivity index (χ0v) is 18.4. The van der Waals surface area contributed by atoms with Gasteiger partial charge in [0.2, 0.25) is 5.95 Å². The van der Waals surface area contributed by atoms with Crippen molar-refractivity contribution in [3.8, 4) is 11.4 Å². The minimum atomic E-state index is -5.21. The van der Waals surface area contributed by atoms with Crippen LogP contribution in [-0.4, -0.2) is 42.7 Å². The van der Waals surface area contributed by atoms with Gasteiger partial charge in [0.25, 0.3) is 5.91 Å². The quantitative estimate of drug-likeness (QED) is 0.325. The smallest absolute Gasteiger partial charge is 0.419 e. The number of nitrogens with zero attached hydrogens (tertiary/aromatic N) is 3. The summed E-state index contributed by atoms with van der Waals surface area (Å²) >= 11 is 0. The number of amides is 1. The lowest BCUT2D eigenvalue weighted by molar-refractivity contribution is -0.280. The summed E-state index contributed by atoms with van der Waals surface area (Å²) in [5.41, 5.74) is 0.359. The number of hydrogen-bond acceptors (Lipinski definition) is 6. The van der Waals surface area contributed by atoms with Crippen molar-refractivity contribution in [1.29, 1.82) is 0 Å². The molecule has 5 N–H and O–H groups in total. The van der Waals surface area contributed by atoms with Crippen LogP contribution in [0, 0.1) is 11.8 Å². The number of pyridine rings is 1. The van der Waals surface area contributed by atoms with Crippen LogP contribution < -0.4 is 11.1 Å². The Balaban J connectivity index is 1.79. The molecule has 0 unspecified atom stereocenters. The molecule has 2 aromatic heterocycles. The summed E-state index contributed by atoms with van der Waals surface area (Å²) in [7, 11) is 0. The van der Waals surface area contributed by atoms with Crippen LogP contribution in [0.25, 0.3) is 5.69 Å². The van der Waals surface area contributed by atoms with Crippen molar-refractivity contribution in [2.75, 3.05) is 5.73 Å². The van der Waals surface area contributed by atoms with Crippen LogP contribution in [0.4, 0.5) is 27.8 Å². The van der Waals surface area contributed by atoms with Crippen molar-refractivity contribution in [1.82, 2.24) is 20.1 Å². The number of aliphatic hydroxyl groups is 1. The van der Waals surface area contributed by atoms with Gasteiger partial charge in [-0.3, -0.25) is 4.79 Å². The molecule has 1 aliphatic carbocycles. The summed E-state index contributed by atoms with van der Waals surface area (Å²) in [6.45, 7) is 2.64. The second kappa shape index (κ2) is 7.90. The molecular formula is C22H20F5N5O3. The molecule has 1 aliphatic rings. The fourth-order valence-electron chi connectivity index (χ4n) is 4.56. The van der Waals surface area contributed by atoms with Gasteiger partial charge in [-0.25, -0.2) is 14.1 Å². The van der Waals surface area contributed by atoms with Crippen molar-refractivity contribution < 1.29 is 37.0 Å². The number of carbonyl (C=O) groups is 1. The summed E-state index contributed by atoms with van der Waals surface area (Å²) in [6.07, 6.45) is -4.12. The first-order valence-corrected chi connectivity index (χ1v) is 10.2. The highest BCUT2D eigenvalue weighted by Crippen LogP contribution is 2.55. The van der Waals surface area contributed by atoms with Crippen molar-refractivity contribution in [2.45, 2.75) is 43.5 Å². The maximum absolute atomic E-state index is 14.2. The summed E-state index contributed by atoms with van der Waals surface area (Å²) in [5.74, 6) is -4.11. The Hall–Kier alpha value is -3.74. The van der Waals surface area contributed by atoms with Crippen LogP contribution in [0.15, 0.2) is 36.7 Å². The van der Waals surface area contributed by atoms with Crippen molar-refractivity contribution >= 4 is 11.7 Å². The highest BCUT2D eigenvalue weighted by molar-refractivity contribution is 5.98. The Kier molecular flexibility index (Phi) is 5.51. The van der Waals surface area contributed by atoms with E-state index in [2.05, 4.69) is 15.4 Å². The predicted molar refractivity (Wildman–Crippen MR) is 113 cm³/mol. The monoisotopic (exact) mass is 497 g/mol. The van der Waals surface area contributed by atoms with Crippen molar-refractivity contribution in [3.63, 3.8) is 0 Å². The van der Waals surface area contributed by atoms with Gasteiger partial charge in [0.05, 0.1) is 24.1 Å². The van der Waals surface area contributed by atoms with E-state index in [-0.39, 0.29) is 28.2 Å². The Labute approximate surface area is 195 Å². The van der Waals surface area contributed by atoms with E-state index in [1.807, 2.05) is 0 Å². The van der Waals surface area contributed by atoms with Crippen LogP contribution in [0.2, 0.25) is 0 Å². The van der Waals surface area contributed by atoms with E-state index in [4.69, 9.17) is 5.73 Å². The molecular weight excluding hydrogens is 477 g/mol. The van der Waals surface area contributed by atoms with E-state index in [9.17, 15) is 37.0 Å². The van der Waals surface area contributed by atoms with Gasteiger partial charge in [-0.05, 0) is 35.6 Å². The molecule has 0 saturated carbocycles. The molecule has 0 saturated heterocycles. The first-order valence-electron chi connectivity index (χ1n) is 10.2. The van der Waals surface area contributed by atoms with E-state index in [0.29, 0.717) is 0 Å². The highest BCUT2D eigenvalue weighted by Gasteiger charge is 2.64. The Morgan fingerprint density at radius 2 is 1.89 bits per heavy atom. The van der Waals surface area contributed by atoms with Gasteiger partial charge in [-0.15, -0.1) is 0 Å². The molecule has 4 rings (SSSR count).